The first-order valence-corrected chi connectivity index (χ1v) is 6.23. The van der Waals surface area contributed by atoms with Gasteiger partial charge < -0.3 is 11.1 Å². The summed E-state index contributed by atoms with van der Waals surface area (Å²) in [6, 6.07) is 8.04. The molecule has 2 aromatic carbocycles. The fourth-order valence-corrected chi connectivity index (χ4v) is 1.88. The Balaban J connectivity index is 2.16. The highest BCUT2D eigenvalue weighted by molar-refractivity contribution is 5.60. The molecule has 2 rings (SSSR count). The molecule has 2 nitrogen and oxygen atoms in total. The fraction of sp³-hybridized carbons (Fsp3) is 0.200. The molecule has 0 amide bonds. The first kappa shape index (κ1) is 15.2. The van der Waals surface area contributed by atoms with Crippen LogP contribution in [0.1, 0.15) is 16.7 Å². The smallest absolute Gasteiger partial charge is 0.396 e. The van der Waals surface area contributed by atoms with E-state index in [1.807, 2.05) is 0 Å². The maximum atomic E-state index is 13.9. The molecule has 0 unspecified atom stereocenters. The molecule has 3 N–H and O–H groups in total. The van der Waals surface area contributed by atoms with Crippen molar-refractivity contribution in [2.24, 2.45) is 0 Å². The van der Waals surface area contributed by atoms with Crippen molar-refractivity contribution in [3.05, 3.63) is 58.9 Å². The summed E-state index contributed by atoms with van der Waals surface area (Å²) in [4.78, 5) is 0. The van der Waals surface area contributed by atoms with Crippen LogP contribution in [-0.4, -0.2) is 0 Å². The van der Waals surface area contributed by atoms with E-state index in [2.05, 4.69) is 5.32 Å². The summed E-state index contributed by atoms with van der Waals surface area (Å²) in [7, 11) is 0. The average molecular weight is 298 g/mol. The van der Waals surface area contributed by atoms with E-state index in [4.69, 9.17) is 5.73 Å². The minimum absolute atomic E-state index is 0.0315. The molecule has 0 aliphatic carbocycles. The van der Waals surface area contributed by atoms with Crippen molar-refractivity contribution >= 4 is 11.4 Å². The summed E-state index contributed by atoms with van der Waals surface area (Å²) in [5.74, 6) is -0.595. The van der Waals surface area contributed by atoms with Crippen LogP contribution >= 0.6 is 0 Å². The van der Waals surface area contributed by atoms with Gasteiger partial charge in [-0.25, -0.2) is 4.39 Å². The van der Waals surface area contributed by atoms with E-state index in [-0.39, 0.29) is 17.9 Å². The lowest BCUT2D eigenvalue weighted by Gasteiger charge is -2.12. The zero-order valence-electron chi connectivity index (χ0n) is 11.3. The lowest BCUT2D eigenvalue weighted by Crippen LogP contribution is -2.08. The average Bonchev–Trinajstić information content (AvgIpc) is 2.43. The summed E-state index contributed by atoms with van der Waals surface area (Å²) >= 11 is 0. The summed E-state index contributed by atoms with van der Waals surface area (Å²) < 4.78 is 51.7. The van der Waals surface area contributed by atoms with Gasteiger partial charge in [0.15, 0.2) is 5.82 Å². The highest BCUT2D eigenvalue weighted by atomic mass is 19.4. The van der Waals surface area contributed by atoms with Crippen LogP contribution in [0.5, 0.6) is 0 Å². The minimum atomic E-state index is -4.39. The fourth-order valence-electron chi connectivity index (χ4n) is 1.88. The predicted molar refractivity (Wildman–Crippen MR) is 74.3 cm³/mol. The van der Waals surface area contributed by atoms with Gasteiger partial charge in [0.1, 0.15) is 0 Å². The molecule has 6 heteroatoms. The maximum absolute atomic E-state index is 13.9. The maximum Gasteiger partial charge on any atom is 0.416 e. The van der Waals surface area contributed by atoms with Gasteiger partial charge in [0, 0.05) is 6.54 Å². The number of alkyl halides is 3. The van der Waals surface area contributed by atoms with Gasteiger partial charge in [-0.1, -0.05) is 18.2 Å². The third-order valence-corrected chi connectivity index (χ3v) is 3.14. The molecule has 0 saturated carbocycles. The minimum Gasteiger partial charge on any atom is -0.396 e. The van der Waals surface area contributed by atoms with Gasteiger partial charge in [-0.3, -0.25) is 0 Å². The van der Waals surface area contributed by atoms with Crippen molar-refractivity contribution < 1.29 is 17.6 Å². The summed E-state index contributed by atoms with van der Waals surface area (Å²) in [6.07, 6.45) is -4.39. The van der Waals surface area contributed by atoms with Gasteiger partial charge in [0.25, 0.3) is 0 Å². The van der Waals surface area contributed by atoms with E-state index >= 15 is 0 Å². The predicted octanol–water partition coefficient (Wildman–Crippen LogP) is 4.35. The SMILES string of the molecule is Cc1ccc(NCc2cccc(C(F)(F)F)c2)c(F)c1N. The highest BCUT2D eigenvalue weighted by Gasteiger charge is 2.30. The molecule has 0 atom stereocenters. The number of anilines is 2. The standard InChI is InChI=1S/C15H14F4N2/c1-9-5-6-12(13(16)14(9)20)21-8-10-3-2-4-11(7-10)15(17,18)19/h2-7,21H,8,20H2,1H3. The van der Waals surface area contributed by atoms with Gasteiger partial charge >= 0.3 is 6.18 Å². The van der Waals surface area contributed by atoms with Crippen molar-refractivity contribution in [3.8, 4) is 0 Å². The van der Waals surface area contributed by atoms with Crippen LogP contribution in [0.25, 0.3) is 0 Å². The lowest BCUT2D eigenvalue weighted by molar-refractivity contribution is -0.137. The normalized spacial score (nSPS) is 11.5. The van der Waals surface area contributed by atoms with Crippen molar-refractivity contribution in [3.63, 3.8) is 0 Å². The quantitative estimate of drug-likeness (QED) is 0.653. The number of hydrogen-bond acceptors (Lipinski definition) is 2. The zero-order valence-corrected chi connectivity index (χ0v) is 11.3. The number of nitrogens with two attached hydrogens (primary N) is 1. The van der Waals surface area contributed by atoms with Crippen LogP contribution in [0.2, 0.25) is 0 Å². The van der Waals surface area contributed by atoms with Gasteiger partial charge in [-0.2, -0.15) is 13.2 Å². The molecule has 0 aliphatic heterocycles. The van der Waals surface area contributed by atoms with E-state index in [0.717, 1.165) is 12.1 Å². The van der Waals surface area contributed by atoms with Gasteiger partial charge in [-0.05, 0) is 36.2 Å². The Hall–Kier alpha value is -2.24. The van der Waals surface area contributed by atoms with Crippen LogP contribution in [0, 0.1) is 12.7 Å². The molecule has 0 spiro atoms. The van der Waals surface area contributed by atoms with E-state index < -0.39 is 17.6 Å². The van der Waals surface area contributed by atoms with Crippen molar-refractivity contribution in [1.82, 2.24) is 0 Å². The molecule has 0 saturated heterocycles. The molecular formula is C15H14F4N2. The number of aryl methyl sites for hydroxylation is 1. The number of nitrogens with one attached hydrogen (secondary N) is 1. The van der Waals surface area contributed by atoms with Crippen LogP contribution in [0.4, 0.5) is 28.9 Å². The number of nitrogen functional groups attached to an aromatic ring is 1. The summed E-state index contributed by atoms with van der Waals surface area (Å²) in [6.45, 7) is 1.75. The van der Waals surface area contributed by atoms with E-state index in [0.29, 0.717) is 11.1 Å². The van der Waals surface area contributed by atoms with Crippen molar-refractivity contribution in [1.29, 1.82) is 0 Å². The molecular weight excluding hydrogens is 284 g/mol. The molecule has 112 valence electrons. The second-order valence-electron chi connectivity index (χ2n) is 4.71. The Morgan fingerprint density at radius 2 is 1.86 bits per heavy atom. The van der Waals surface area contributed by atoms with E-state index in [1.165, 1.54) is 18.2 Å². The van der Waals surface area contributed by atoms with Crippen molar-refractivity contribution in [2.75, 3.05) is 11.1 Å². The molecule has 0 heterocycles. The zero-order chi connectivity index (χ0) is 15.6. The van der Waals surface area contributed by atoms with Crippen LogP contribution in [-0.2, 0) is 12.7 Å². The van der Waals surface area contributed by atoms with Crippen molar-refractivity contribution in [2.45, 2.75) is 19.6 Å². The van der Waals surface area contributed by atoms with Gasteiger partial charge in [-0.15, -0.1) is 0 Å². The largest absolute Gasteiger partial charge is 0.416 e. The molecule has 0 fully saturated rings. The molecule has 0 aliphatic rings. The molecule has 0 aromatic heterocycles. The van der Waals surface area contributed by atoms with Gasteiger partial charge in [0.2, 0.25) is 0 Å². The number of benzene rings is 2. The Kier molecular flexibility index (Phi) is 4.06. The van der Waals surface area contributed by atoms with Crippen LogP contribution < -0.4 is 11.1 Å². The second-order valence-corrected chi connectivity index (χ2v) is 4.71. The van der Waals surface area contributed by atoms with Crippen LogP contribution in [0.15, 0.2) is 36.4 Å². The van der Waals surface area contributed by atoms with Gasteiger partial charge in [0.05, 0.1) is 16.9 Å². The summed E-state index contributed by atoms with van der Waals surface area (Å²) in [5, 5.41) is 2.75. The summed E-state index contributed by atoms with van der Waals surface area (Å²) in [5.41, 5.74) is 6.05. The Labute approximate surface area is 119 Å². The molecule has 21 heavy (non-hydrogen) atoms. The highest BCUT2D eigenvalue weighted by Crippen LogP contribution is 2.30. The van der Waals surface area contributed by atoms with E-state index in [9.17, 15) is 17.6 Å². The first-order valence-electron chi connectivity index (χ1n) is 6.23. The molecule has 0 radical (unpaired) electrons. The lowest BCUT2D eigenvalue weighted by atomic mass is 10.1. The third-order valence-electron chi connectivity index (χ3n) is 3.14. The number of rotatable bonds is 3. The first-order chi connectivity index (χ1) is 9.79. The third kappa shape index (κ3) is 3.45. The Bertz CT molecular complexity index is 651. The Morgan fingerprint density at radius 3 is 2.52 bits per heavy atom. The molecule has 0 bridgehead atoms. The number of hydrogen-bond donors (Lipinski definition) is 2. The second kappa shape index (κ2) is 5.63. The monoisotopic (exact) mass is 298 g/mol. The van der Waals surface area contributed by atoms with E-state index in [1.54, 1.807) is 13.0 Å². The number of halogens is 4. The van der Waals surface area contributed by atoms with Crippen LogP contribution in [0.3, 0.4) is 0 Å². The topological polar surface area (TPSA) is 38.0 Å². The molecule has 2 aromatic rings. The Morgan fingerprint density at radius 1 is 1.14 bits per heavy atom.